The molecule has 0 atom stereocenters. The van der Waals surface area contributed by atoms with Gasteiger partial charge in [0, 0.05) is 18.3 Å². The number of anilines is 1. The fourth-order valence-corrected chi connectivity index (χ4v) is 2.56. The Kier molecular flexibility index (Phi) is 5.31. The van der Waals surface area contributed by atoms with Gasteiger partial charge in [0.05, 0.1) is 29.5 Å². The molecule has 1 N–H and O–H groups in total. The van der Waals surface area contributed by atoms with E-state index in [0.717, 1.165) is 23.9 Å². The Morgan fingerprint density at radius 2 is 1.85 bits per heavy atom. The number of carbonyl (C=O) groups is 2. The minimum absolute atomic E-state index is 0.226. The van der Waals surface area contributed by atoms with Gasteiger partial charge in [0.1, 0.15) is 0 Å². The fraction of sp³-hybridized carbons (Fsp3) is 0.250. The molecular formula is C20H21N3O3. The van der Waals surface area contributed by atoms with Crippen LogP contribution in [0.2, 0.25) is 0 Å². The summed E-state index contributed by atoms with van der Waals surface area (Å²) in [4.78, 5) is 28.6. The Morgan fingerprint density at radius 1 is 1.12 bits per heavy atom. The van der Waals surface area contributed by atoms with Crippen LogP contribution in [0.1, 0.15) is 40.5 Å². The molecule has 0 saturated carbocycles. The van der Waals surface area contributed by atoms with E-state index in [1.807, 2.05) is 24.6 Å². The first-order chi connectivity index (χ1) is 12.6. The van der Waals surface area contributed by atoms with Crippen LogP contribution in [0, 0.1) is 0 Å². The van der Waals surface area contributed by atoms with Crippen molar-refractivity contribution in [3.05, 3.63) is 59.9 Å². The lowest BCUT2D eigenvalue weighted by atomic mass is 10.1. The highest BCUT2D eigenvalue weighted by molar-refractivity contribution is 6.06. The first-order valence-corrected chi connectivity index (χ1v) is 8.58. The van der Waals surface area contributed by atoms with Crippen molar-refractivity contribution in [3.63, 3.8) is 0 Å². The van der Waals surface area contributed by atoms with E-state index in [1.54, 1.807) is 42.7 Å². The van der Waals surface area contributed by atoms with Gasteiger partial charge in [-0.2, -0.15) is 0 Å². The van der Waals surface area contributed by atoms with E-state index in [4.69, 9.17) is 4.74 Å². The Hall–Kier alpha value is -3.15. The quantitative estimate of drug-likeness (QED) is 0.542. The maximum Gasteiger partial charge on any atom is 0.338 e. The molecule has 26 heavy (non-hydrogen) atoms. The molecule has 6 heteroatoms. The number of esters is 1. The molecular weight excluding hydrogens is 330 g/mol. The molecule has 1 heterocycles. The molecule has 0 bridgehead atoms. The molecule has 0 aliphatic carbocycles. The van der Waals surface area contributed by atoms with Crippen molar-refractivity contribution in [2.24, 2.45) is 7.05 Å². The number of imidazole rings is 1. The second kappa shape index (κ2) is 7.82. The SMILES string of the molecule is CCCCOC(=O)c1ccc(NC(=O)c2ccc3c(c2)ncn3C)cc1. The van der Waals surface area contributed by atoms with Crippen molar-refractivity contribution >= 4 is 28.6 Å². The maximum absolute atomic E-state index is 12.4. The number of aryl methyl sites for hydroxylation is 1. The van der Waals surface area contributed by atoms with Crippen LogP contribution in [0.15, 0.2) is 48.8 Å². The lowest BCUT2D eigenvalue weighted by Gasteiger charge is -2.07. The second-order valence-electron chi connectivity index (χ2n) is 6.08. The normalized spacial score (nSPS) is 10.7. The number of fused-ring (bicyclic) bond motifs is 1. The number of hydrogen-bond donors (Lipinski definition) is 1. The van der Waals surface area contributed by atoms with Crippen molar-refractivity contribution in [3.8, 4) is 0 Å². The summed E-state index contributed by atoms with van der Waals surface area (Å²) in [6.07, 6.45) is 3.54. The molecule has 3 rings (SSSR count). The fourth-order valence-electron chi connectivity index (χ4n) is 2.56. The van der Waals surface area contributed by atoms with Gasteiger partial charge in [-0.15, -0.1) is 0 Å². The number of nitrogens with zero attached hydrogens (tertiary/aromatic N) is 2. The van der Waals surface area contributed by atoms with Crippen LogP contribution >= 0.6 is 0 Å². The van der Waals surface area contributed by atoms with Gasteiger partial charge in [-0.1, -0.05) is 13.3 Å². The first-order valence-electron chi connectivity index (χ1n) is 8.58. The summed E-state index contributed by atoms with van der Waals surface area (Å²) < 4.78 is 7.06. The third kappa shape index (κ3) is 3.91. The van der Waals surface area contributed by atoms with Crippen LogP contribution in [-0.2, 0) is 11.8 Å². The highest BCUT2D eigenvalue weighted by atomic mass is 16.5. The Balaban J connectivity index is 1.65. The van der Waals surface area contributed by atoms with Crippen LogP contribution in [0.5, 0.6) is 0 Å². The van der Waals surface area contributed by atoms with E-state index < -0.39 is 0 Å². The maximum atomic E-state index is 12.4. The summed E-state index contributed by atoms with van der Waals surface area (Å²) in [5.74, 6) is -0.576. The van der Waals surface area contributed by atoms with E-state index >= 15 is 0 Å². The number of benzene rings is 2. The number of aromatic nitrogens is 2. The van der Waals surface area contributed by atoms with Crippen LogP contribution in [0.25, 0.3) is 11.0 Å². The van der Waals surface area contributed by atoms with E-state index in [1.165, 1.54) is 0 Å². The first kappa shape index (κ1) is 17.7. The van der Waals surface area contributed by atoms with Gasteiger partial charge in [-0.25, -0.2) is 9.78 Å². The van der Waals surface area contributed by atoms with Gasteiger partial charge in [-0.3, -0.25) is 4.79 Å². The smallest absolute Gasteiger partial charge is 0.338 e. The zero-order valence-corrected chi connectivity index (χ0v) is 14.9. The summed E-state index contributed by atoms with van der Waals surface area (Å²) >= 11 is 0. The standard InChI is InChI=1S/C20H21N3O3/c1-3-4-11-26-20(25)14-5-8-16(9-6-14)22-19(24)15-7-10-18-17(12-15)21-13-23(18)2/h5-10,12-13H,3-4,11H2,1-2H3,(H,22,24). The second-order valence-corrected chi connectivity index (χ2v) is 6.08. The molecule has 0 spiro atoms. The monoisotopic (exact) mass is 351 g/mol. The van der Waals surface area contributed by atoms with E-state index in [9.17, 15) is 9.59 Å². The van der Waals surface area contributed by atoms with Gasteiger partial charge in [0.15, 0.2) is 0 Å². The molecule has 0 radical (unpaired) electrons. The molecule has 134 valence electrons. The number of carbonyl (C=O) groups excluding carboxylic acids is 2. The summed E-state index contributed by atoms with van der Waals surface area (Å²) in [7, 11) is 1.91. The predicted octanol–water partition coefficient (Wildman–Crippen LogP) is 3.78. The lowest BCUT2D eigenvalue weighted by molar-refractivity contribution is 0.0499. The van der Waals surface area contributed by atoms with E-state index in [0.29, 0.717) is 23.4 Å². The average Bonchev–Trinajstić information content (AvgIpc) is 3.03. The number of rotatable bonds is 6. The molecule has 0 saturated heterocycles. The van der Waals surface area contributed by atoms with Crippen molar-refractivity contribution in [1.29, 1.82) is 0 Å². The lowest BCUT2D eigenvalue weighted by Crippen LogP contribution is -2.12. The predicted molar refractivity (Wildman–Crippen MR) is 100 cm³/mol. The van der Waals surface area contributed by atoms with Crippen molar-refractivity contribution < 1.29 is 14.3 Å². The van der Waals surface area contributed by atoms with Gasteiger partial charge in [-0.05, 0) is 48.9 Å². The molecule has 1 aromatic heterocycles. The molecule has 0 unspecified atom stereocenters. The van der Waals surface area contributed by atoms with E-state index in [2.05, 4.69) is 10.3 Å². The largest absolute Gasteiger partial charge is 0.462 e. The van der Waals surface area contributed by atoms with E-state index in [-0.39, 0.29) is 11.9 Å². The summed E-state index contributed by atoms with van der Waals surface area (Å²) in [6.45, 7) is 2.46. The van der Waals surface area contributed by atoms with Gasteiger partial charge >= 0.3 is 5.97 Å². The van der Waals surface area contributed by atoms with Crippen molar-refractivity contribution in [2.75, 3.05) is 11.9 Å². The third-order valence-electron chi connectivity index (χ3n) is 4.10. The number of unbranched alkanes of at least 4 members (excludes halogenated alkanes) is 1. The number of amides is 1. The van der Waals surface area contributed by atoms with Crippen LogP contribution < -0.4 is 5.32 Å². The van der Waals surface area contributed by atoms with Crippen LogP contribution in [0.4, 0.5) is 5.69 Å². The molecule has 0 aliphatic rings. The molecule has 2 aromatic carbocycles. The summed E-state index contributed by atoms with van der Waals surface area (Å²) in [5.41, 5.74) is 3.34. The third-order valence-corrected chi connectivity index (χ3v) is 4.10. The summed E-state index contributed by atoms with van der Waals surface area (Å²) in [5, 5.41) is 2.82. The Morgan fingerprint density at radius 3 is 2.58 bits per heavy atom. The minimum Gasteiger partial charge on any atom is -0.462 e. The van der Waals surface area contributed by atoms with Gasteiger partial charge in [0.2, 0.25) is 0 Å². The average molecular weight is 351 g/mol. The number of hydrogen-bond acceptors (Lipinski definition) is 4. The van der Waals surface area contributed by atoms with Crippen molar-refractivity contribution in [1.82, 2.24) is 9.55 Å². The van der Waals surface area contributed by atoms with Gasteiger partial charge in [0.25, 0.3) is 5.91 Å². The van der Waals surface area contributed by atoms with Crippen molar-refractivity contribution in [2.45, 2.75) is 19.8 Å². The number of ether oxygens (including phenoxy) is 1. The van der Waals surface area contributed by atoms with Gasteiger partial charge < -0.3 is 14.6 Å². The highest BCUT2D eigenvalue weighted by Gasteiger charge is 2.10. The zero-order valence-electron chi connectivity index (χ0n) is 14.9. The summed E-state index contributed by atoms with van der Waals surface area (Å²) in [6, 6.07) is 12.1. The topological polar surface area (TPSA) is 73.2 Å². The Labute approximate surface area is 151 Å². The zero-order chi connectivity index (χ0) is 18.5. The Bertz CT molecular complexity index is 929. The van der Waals surface area contributed by atoms with Crippen LogP contribution in [0.3, 0.4) is 0 Å². The molecule has 0 fully saturated rings. The molecule has 1 amide bonds. The molecule has 0 aliphatic heterocycles. The van der Waals surface area contributed by atoms with Crippen LogP contribution in [-0.4, -0.2) is 28.0 Å². The molecule has 6 nitrogen and oxygen atoms in total. The molecule has 3 aromatic rings. The minimum atomic E-state index is -0.350. The number of nitrogens with one attached hydrogen (secondary N) is 1. The highest BCUT2D eigenvalue weighted by Crippen LogP contribution is 2.16.